The van der Waals surface area contributed by atoms with Gasteiger partial charge in [-0.05, 0) is 37.3 Å². The second-order valence-electron chi connectivity index (χ2n) is 5.59. The smallest absolute Gasteiger partial charge is 0.271 e. The number of amides is 1. The van der Waals surface area contributed by atoms with Gasteiger partial charge < -0.3 is 9.30 Å². The summed E-state index contributed by atoms with van der Waals surface area (Å²) in [6, 6.07) is 14.8. The Kier molecular flexibility index (Phi) is 5.35. The molecule has 0 unspecified atom stereocenters. The van der Waals surface area contributed by atoms with Gasteiger partial charge >= 0.3 is 0 Å². The number of ether oxygens (including phenoxy) is 1. The first kappa shape index (κ1) is 17.3. The molecule has 1 amide bonds. The van der Waals surface area contributed by atoms with Gasteiger partial charge in [0.2, 0.25) is 0 Å². The van der Waals surface area contributed by atoms with Gasteiger partial charge in [0.1, 0.15) is 5.75 Å². The standard InChI is InChI=1S/C21H19N3O2/c1-3-13-24-15-17(19-7-5-6-8-20(19)24)14-22-23-21(25)16-9-11-18(12-10-16)26-4-2/h1,5-12,14-15H,4,13H2,2H3,(H,23,25)/b22-14-. The third kappa shape index (κ3) is 3.76. The quantitative estimate of drug-likeness (QED) is 0.423. The van der Waals surface area contributed by atoms with Crippen molar-refractivity contribution in [2.45, 2.75) is 13.5 Å². The molecule has 26 heavy (non-hydrogen) atoms. The maximum Gasteiger partial charge on any atom is 0.271 e. The summed E-state index contributed by atoms with van der Waals surface area (Å²) in [4.78, 5) is 12.2. The maximum absolute atomic E-state index is 12.2. The number of terminal acetylenes is 1. The average molecular weight is 345 g/mol. The van der Waals surface area contributed by atoms with Gasteiger partial charge in [-0.25, -0.2) is 5.43 Å². The van der Waals surface area contributed by atoms with Crippen LogP contribution in [0, 0.1) is 12.3 Å². The highest BCUT2D eigenvalue weighted by atomic mass is 16.5. The minimum absolute atomic E-state index is 0.281. The van der Waals surface area contributed by atoms with Crippen LogP contribution in [0.5, 0.6) is 5.75 Å². The number of hydrogen-bond acceptors (Lipinski definition) is 3. The Morgan fingerprint density at radius 1 is 1.27 bits per heavy atom. The maximum atomic E-state index is 12.2. The summed E-state index contributed by atoms with van der Waals surface area (Å²) in [5.74, 6) is 3.09. The number of para-hydroxylation sites is 1. The van der Waals surface area contributed by atoms with E-state index in [2.05, 4.69) is 16.4 Å². The third-order valence-corrected chi connectivity index (χ3v) is 3.88. The second kappa shape index (κ2) is 8.04. The first-order chi connectivity index (χ1) is 12.7. The van der Waals surface area contributed by atoms with Crippen LogP contribution in [0.1, 0.15) is 22.8 Å². The zero-order valence-electron chi connectivity index (χ0n) is 14.5. The zero-order valence-corrected chi connectivity index (χ0v) is 14.5. The van der Waals surface area contributed by atoms with Crippen LogP contribution in [0.15, 0.2) is 59.8 Å². The van der Waals surface area contributed by atoms with Crippen LogP contribution >= 0.6 is 0 Å². The van der Waals surface area contributed by atoms with Gasteiger partial charge in [0.05, 0.1) is 19.4 Å². The monoisotopic (exact) mass is 345 g/mol. The van der Waals surface area contributed by atoms with Crippen LogP contribution in [0.25, 0.3) is 10.9 Å². The number of carbonyl (C=O) groups is 1. The van der Waals surface area contributed by atoms with Gasteiger partial charge in [-0.15, -0.1) is 6.42 Å². The molecule has 2 aromatic carbocycles. The van der Waals surface area contributed by atoms with Gasteiger partial charge in [0.15, 0.2) is 0 Å². The number of fused-ring (bicyclic) bond motifs is 1. The van der Waals surface area contributed by atoms with Crippen molar-refractivity contribution in [3.05, 3.63) is 65.9 Å². The van der Waals surface area contributed by atoms with E-state index in [1.54, 1.807) is 30.5 Å². The Balaban J connectivity index is 1.73. The Labute approximate surface area is 152 Å². The number of rotatable bonds is 6. The van der Waals surface area contributed by atoms with Gasteiger partial charge in [-0.2, -0.15) is 5.10 Å². The lowest BCUT2D eigenvalue weighted by atomic mass is 10.2. The Bertz CT molecular complexity index is 979. The lowest BCUT2D eigenvalue weighted by Crippen LogP contribution is -2.17. The fourth-order valence-electron chi connectivity index (χ4n) is 2.70. The second-order valence-corrected chi connectivity index (χ2v) is 5.59. The first-order valence-electron chi connectivity index (χ1n) is 8.30. The highest BCUT2D eigenvalue weighted by Crippen LogP contribution is 2.19. The van der Waals surface area contributed by atoms with Gasteiger partial charge in [-0.3, -0.25) is 4.79 Å². The molecular formula is C21H19N3O2. The molecule has 0 radical (unpaired) electrons. The van der Waals surface area contributed by atoms with Gasteiger partial charge in [0.25, 0.3) is 5.91 Å². The van der Waals surface area contributed by atoms with E-state index < -0.39 is 0 Å². The average Bonchev–Trinajstić information content (AvgIpc) is 3.01. The molecule has 1 heterocycles. The van der Waals surface area contributed by atoms with Crippen LogP contribution < -0.4 is 10.2 Å². The molecule has 0 aliphatic heterocycles. The number of benzene rings is 2. The summed E-state index contributed by atoms with van der Waals surface area (Å²) in [5, 5.41) is 5.11. The fourth-order valence-corrected chi connectivity index (χ4v) is 2.70. The number of nitrogens with zero attached hydrogens (tertiary/aromatic N) is 2. The fraction of sp³-hybridized carbons (Fsp3) is 0.143. The number of aromatic nitrogens is 1. The van der Waals surface area contributed by atoms with Crippen molar-refractivity contribution in [3.63, 3.8) is 0 Å². The molecule has 3 aromatic rings. The van der Waals surface area contributed by atoms with Crippen molar-refractivity contribution >= 4 is 23.0 Å². The first-order valence-corrected chi connectivity index (χ1v) is 8.30. The molecule has 0 fully saturated rings. The number of hydrogen-bond donors (Lipinski definition) is 1. The summed E-state index contributed by atoms with van der Waals surface area (Å²) in [6.45, 7) is 2.98. The van der Waals surface area contributed by atoms with Crippen molar-refractivity contribution in [2.24, 2.45) is 5.10 Å². The largest absolute Gasteiger partial charge is 0.494 e. The van der Waals surface area contributed by atoms with E-state index in [-0.39, 0.29) is 5.91 Å². The third-order valence-electron chi connectivity index (χ3n) is 3.88. The molecule has 0 spiro atoms. The molecule has 0 saturated carbocycles. The molecule has 0 saturated heterocycles. The lowest BCUT2D eigenvalue weighted by Gasteiger charge is -2.03. The zero-order chi connectivity index (χ0) is 18.4. The molecule has 130 valence electrons. The van der Waals surface area contributed by atoms with Crippen LogP contribution in [0.3, 0.4) is 0 Å². The lowest BCUT2D eigenvalue weighted by molar-refractivity contribution is 0.0955. The molecule has 0 atom stereocenters. The van der Waals surface area contributed by atoms with E-state index in [0.717, 1.165) is 22.2 Å². The van der Waals surface area contributed by atoms with Crippen LogP contribution in [0.2, 0.25) is 0 Å². The number of hydrazone groups is 1. The number of carbonyl (C=O) groups excluding carboxylic acids is 1. The molecule has 0 aliphatic carbocycles. The van der Waals surface area contributed by atoms with Crippen LogP contribution in [0.4, 0.5) is 0 Å². The highest BCUT2D eigenvalue weighted by Gasteiger charge is 2.07. The molecule has 1 N–H and O–H groups in total. The summed E-state index contributed by atoms with van der Waals surface area (Å²) < 4.78 is 7.34. The predicted octanol–water partition coefficient (Wildman–Crippen LogP) is 3.44. The SMILES string of the molecule is C#CCn1cc(/C=N\NC(=O)c2ccc(OCC)cc2)c2ccccc21. The molecule has 3 rings (SSSR count). The van der Waals surface area contributed by atoms with Crippen molar-refractivity contribution in [3.8, 4) is 18.1 Å². The van der Waals surface area contributed by atoms with Crippen molar-refractivity contribution in [1.29, 1.82) is 0 Å². The van der Waals surface area contributed by atoms with E-state index in [4.69, 9.17) is 11.2 Å². The Morgan fingerprint density at radius 2 is 2.04 bits per heavy atom. The minimum Gasteiger partial charge on any atom is -0.494 e. The van der Waals surface area contributed by atoms with E-state index in [9.17, 15) is 4.79 Å². The van der Waals surface area contributed by atoms with Gasteiger partial charge in [0, 0.05) is 28.2 Å². The molecule has 1 aromatic heterocycles. The molecular weight excluding hydrogens is 326 g/mol. The predicted molar refractivity (Wildman–Crippen MR) is 103 cm³/mol. The van der Waals surface area contributed by atoms with E-state index in [1.165, 1.54) is 0 Å². The van der Waals surface area contributed by atoms with E-state index in [0.29, 0.717) is 18.7 Å². The molecule has 0 bridgehead atoms. The van der Waals surface area contributed by atoms with E-state index >= 15 is 0 Å². The summed E-state index contributed by atoms with van der Waals surface area (Å²) >= 11 is 0. The van der Waals surface area contributed by atoms with Crippen molar-refractivity contribution in [1.82, 2.24) is 9.99 Å². The summed E-state index contributed by atoms with van der Waals surface area (Å²) in [6.07, 6.45) is 8.98. The van der Waals surface area contributed by atoms with Crippen molar-refractivity contribution in [2.75, 3.05) is 6.61 Å². The highest BCUT2D eigenvalue weighted by molar-refractivity contribution is 6.00. The summed E-state index contributed by atoms with van der Waals surface area (Å²) in [5.41, 5.74) is 4.98. The van der Waals surface area contributed by atoms with Crippen LogP contribution in [-0.4, -0.2) is 23.3 Å². The van der Waals surface area contributed by atoms with Crippen molar-refractivity contribution < 1.29 is 9.53 Å². The number of nitrogens with one attached hydrogen (secondary N) is 1. The van der Waals surface area contributed by atoms with Gasteiger partial charge in [-0.1, -0.05) is 24.1 Å². The summed E-state index contributed by atoms with van der Waals surface area (Å²) in [7, 11) is 0. The Morgan fingerprint density at radius 3 is 2.77 bits per heavy atom. The Hall–Kier alpha value is -3.52. The van der Waals surface area contributed by atoms with Crippen LogP contribution in [-0.2, 0) is 6.54 Å². The minimum atomic E-state index is -0.281. The van der Waals surface area contributed by atoms with E-state index in [1.807, 2.05) is 42.0 Å². The molecule has 5 heteroatoms. The normalized spacial score (nSPS) is 10.8. The molecule has 5 nitrogen and oxygen atoms in total. The topological polar surface area (TPSA) is 55.6 Å². The molecule has 0 aliphatic rings.